The molecular formula is C13H11ClN4OS. The summed E-state index contributed by atoms with van der Waals surface area (Å²) in [6, 6.07) is 9.32. The molecule has 0 spiro atoms. The fourth-order valence-electron chi connectivity index (χ4n) is 1.68. The van der Waals surface area contributed by atoms with Gasteiger partial charge in [-0.25, -0.2) is 0 Å². The van der Waals surface area contributed by atoms with Crippen molar-refractivity contribution in [1.82, 2.24) is 0 Å². The topological polar surface area (TPSA) is 105 Å². The molecule has 1 aromatic heterocycles. The lowest BCUT2D eigenvalue weighted by molar-refractivity contribution is 0.100. The molecule has 20 heavy (non-hydrogen) atoms. The van der Waals surface area contributed by atoms with E-state index in [2.05, 4.69) is 5.32 Å². The van der Waals surface area contributed by atoms with Crippen LogP contribution in [0.3, 0.4) is 0 Å². The highest BCUT2D eigenvalue weighted by Crippen LogP contribution is 2.35. The number of benzene rings is 1. The first-order valence-electron chi connectivity index (χ1n) is 5.64. The van der Waals surface area contributed by atoms with Crippen molar-refractivity contribution >= 4 is 39.5 Å². The van der Waals surface area contributed by atoms with Gasteiger partial charge in [0, 0.05) is 11.6 Å². The number of primary amides is 1. The van der Waals surface area contributed by atoms with Gasteiger partial charge in [-0.05, 0) is 11.6 Å². The number of hydrogen-bond donors (Lipinski definition) is 3. The Balaban J connectivity index is 2.27. The van der Waals surface area contributed by atoms with Crippen molar-refractivity contribution in [3.05, 3.63) is 45.3 Å². The monoisotopic (exact) mass is 306 g/mol. The van der Waals surface area contributed by atoms with E-state index in [9.17, 15) is 4.79 Å². The molecule has 5 N–H and O–H groups in total. The molecule has 2 rings (SSSR count). The second kappa shape index (κ2) is 5.82. The Morgan fingerprint density at radius 2 is 2.15 bits per heavy atom. The maximum Gasteiger partial charge on any atom is 0.261 e. The van der Waals surface area contributed by atoms with Crippen molar-refractivity contribution in [3.63, 3.8) is 0 Å². The van der Waals surface area contributed by atoms with Gasteiger partial charge in [-0.3, -0.25) is 4.79 Å². The van der Waals surface area contributed by atoms with Gasteiger partial charge in [0.1, 0.15) is 21.5 Å². The van der Waals surface area contributed by atoms with Gasteiger partial charge in [0.15, 0.2) is 0 Å². The lowest BCUT2D eigenvalue weighted by Gasteiger charge is -2.06. The molecule has 1 aromatic carbocycles. The van der Waals surface area contributed by atoms with Crippen molar-refractivity contribution in [3.8, 4) is 6.07 Å². The van der Waals surface area contributed by atoms with Gasteiger partial charge in [0.2, 0.25) is 0 Å². The van der Waals surface area contributed by atoms with Crippen LogP contribution in [0.15, 0.2) is 24.3 Å². The Morgan fingerprint density at radius 1 is 1.45 bits per heavy atom. The van der Waals surface area contributed by atoms with E-state index in [-0.39, 0.29) is 16.1 Å². The summed E-state index contributed by atoms with van der Waals surface area (Å²) in [6.07, 6.45) is 0. The number of halogens is 1. The van der Waals surface area contributed by atoms with Crippen molar-refractivity contribution < 1.29 is 4.79 Å². The normalized spacial score (nSPS) is 10.0. The van der Waals surface area contributed by atoms with E-state index in [1.165, 1.54) is 0 Å². The number of amides is 1. The fourth-order valence-corrected chi connectivity index (χ4v) is 2.80. The number of rotatable bonds is 4. The third kappa shape index (κ3) is 2.69. The molecule has 5 nitrogen and oxygen atoms in total. The quantitative estimate of drug-likeness (QED) is 0.807. The molecular weight excluding hydrogens is 296 g/mol. The highest BCUT2D eigenvalue weighted by Gasteiger charge is 2.19. The van der Waals surface area contributed by atoms with Crippen LogP contribution in [0.1, 0.15) is 20.8 Å². The molecule has 1 heterocycles. The second-order valence-electron chi connectivity index (χ2n) is 3.97. The van der Waals surface area contributed by atoms with E-state index in [0.717, 1.165) is 16.9 Å². The van der Waals surface area contributed by atoms with Crippen LogP contribution in [-0.2, 0) is 6.54 Å². The molecule has 0 saturated heterocycles. The minimum atomic E-state index is -0.644. The van der Waals surface area contributed by atoms with E-state index in [1.54, 1.807) is 6.07 Å². The number of nitrogen functional groups attached to an aromatic ring is 1. The van der Waals surface area contributed by atoms with Crippen molar-refractivity contribution in [2.75, 3.05) is 11.1 Å². The third-order valence-corrected chi connectivity index (χ3v) is 4.22. The molecule has 7 heteroatoms. The summed E-state index contributed by atoms with van der Waals surface area (Å²) in [7, 11) is 0. The number of thiophene rings is 1. The minimum absolute atomic E-state index is 0.117. The zero-order valence-electron chi connectivity index (χ0n) is 10.3. The van der Waals surface area contributed by atoms with Crippen LogP contribution in [-0.4, -0.2) is 5.91 Å². The molecule has 102 valence electrons. The lowest BCUT2D eigenvalue weighted by atomic mass is 10.2. The number of nitriles is 1. The van der Waals surface area contributed by atoms with E-state index in [1.807, 2.05) is 24.3 Å². The molecule has 0 radical (unpaired) electrons. The van der Waals surface area contributed by atoms with Crippen molar-refractivity contribution in [2.24, 2.45) is 5.73 Å². The smallest absolute Gasteiger partial charge is 0.261 e. The van der Waals surface area contributed by atoms with Gasteiger partial charge in [-0.2, -0.15) is 5.26 Å². The van der Waals surface area contributed by atoms with Gasteiger partial charge in [0.05, 0.1) is 5.69 Å². The number of carbonyl (C=O) groups excluding carboxylic acids is 1. The molecule has 0 aliphatic rings. The molecule has 0 bridgehead atoms. The van der Waals surface area contributed by atoms with Crippen molar-refractivity contribution in [1.29, 1.82) is 5.26 Å². The number of carbonyl (C=O) groups is 1. The first-order valence-corrected chi connectivity index (χ1v) is 6.83. The summed E-state index contributed by atoms with van der Waals surface area (Å²) in [4.78, 5) is 11.4. The maximum absolute atomic E-state index is 11.2. The van der Waals surface area contributed by atoms with E-state index < -0.39 is 5.91 Å². The zero-order valence-corrected chi connectivity index (χ0v) is 11.9. The van der Waals surface area contributed by atoms with Gasteiger partial charge < -0.3 is 16.8 Å². The summed E-state index contributed by atoms with van der Waals surface area (Å²) in [6.45, 7) is 0.423. The van der Waals surface area contributed by atoms with E-state index in [0.29, 0.717) is 16.6 Å². The van der Waals surface area contributed by atoms with Crippen LogP contribution in [0.25, 0.3) is 0 Å². The van der Waals surface area contributed by atoms with Gasteiger partial charge in [-0.1, -0.05) is 29.8 Å². The molecule has 1 amide bonds. The predicted octanol–water partition coefficient (Wildman–Crippen LogP) is 2.57. The SMILES string of the molecule is N#Cc1c(NCc2ccccc2Cl)sc(C(N)=O)c1N. The Labute approximate surface area is 124 Å². The Bertz CT molecular complexity index is 705. The van der Waals surface area contributed by atoms with Crippen LogP contribution < -0.4 is 16.8 Å². The second-order valence-corrected chi connectivity index (χ2v) is 5.40. The molecule has 0 aliphatic heterocycles. The highest BCUT2D eigenvalue weighted by molar-refractivity contribution is 7.18. The number of hydrogen-bond acceptors (Lipinski definition) is 5. The molecule has 2 aromatic rings. The summed E-state index contributed by atoms with van der Waals surface area (Å²) >= 11 is 7.12. The molecule has 0 saturated carbocycles. The largest absolute Gasteiger partial charge is 0.396 e. The molecule has 0 fully saturated rings. The average Bonchev–Trinajstić information content (AvgIpc) is 2.74. The zero-order chi connectivity index (χ0) is 14.7. The lowest BCUT2D eigenvalue weighted by Crippen LogP contribution is -2.10. The number of nitrogens with two attached hydrogens (primary N) is 2. The summed E-state index contributed by atoms with van der Waals surface area (Å²) in [5.74, 6) is -0.644. The number of nitrogens with zero attached hydrogens (tertiary/aromatic N) is 1. The maximum atomic E-state index is 11.2. The Kier molecular flexibility index (Phi) is 4.13. The minimum Gasteiger partial charge on any atom is -0.396 e. The fraction of sp³-hybridized carbons (Fsp3) is 0.0769. The first kappa shape index (κ1) is 14.2. The standard InChI is InChI=1S/C13H11ClN4OS/c14-9-4-2-1-3-7(9)6-18-13-8(5-15)10(16)11(20-13)12(17)19/h1-4,18H,6,16H2,(H2,17,19). The van der Waals surface area contributed by atoms with Crippen LogP contribution >= 0.6 is 22.9 Å². The summed E-state index contributed by atoms with van der Waals surface area (Å²) < 4.78 is 0. The van der Waals surface area contributed by atoms with Gasteiger partial charge in [0.25, 0.3) is 5.91 Å². The van der Waals surface area contributed by atoms with E-state index >= 15 is 0 Å². The average molecular weight is 307 g/mol. The van der Waals surface area contributed by atoms with E-state index in [4.69, 9.17) is 28.3 Å². The van der Waals surface area contributed by atoms with Crippen LogP contribution in [0.5, 0.6) is 0 Å². The highest BCUT2D eigenvalue weighted by atomic mass is 35.5. The summed E-state index contributed by atoms with van der Waals surface area (Å²) in [5, 5.41) is 13.3. The molecule has 0 atom stereocenters. The third-order valence-electron chi connectivity index (χ3n) is 2.68. The Hall–Kier alpha value is -2.23. The van der Waals surface area contributed by atoms with Crippen LogP contribution in [0.4, 0.5) is 10.7 Å². The molecule has 0 unspecified atom stereocenters. The Morgan fingerprint density at radius 3 is 2.75 bits per heavy atom. The van der Waals surface area contributed by atoms with Crippen molar-refractivity contribution in [2.45, 2.75) is 6.54 Å². The number of anilines is 2. The molecule has 0 aliphatic carbocycles. The number of nitrogens with one attached hydrogen (secondary N) is 1. The summed E-state index contributed by atoms with van der Waals surface area (Å²) in [5.41, 5.74) is 12.2. The van der Waals surface area contributed by atoms with Gasteiger partial charge >= 0.3 is 0 Å². The van der Waals surface area contributed by atoms with Gasteiger partial charge in [-0.15, -0.1) is 11.3 Å². The van der Waals surface area contributed by atoms with Crippen LogP contribution in [0, 0.1) is 11.3 Å². The first-order chi connectivity index (χ1) is 9.54. The van der Waals surface area contributed by atoms with Crippen LogP contribution in [0.2, 0.25) is 5.02 Å². The predicted molar refractivity (Wildman–Crippen MR) is 80.7 cm³/mol.